The molecule has 0 aromatic heterocycles. The van der Waals surface area contributed by atoms with Gasteiger partial charge in [0, 0.05) is 30.9 Å². The molecule has 0 saturated carbocycles. The summed E-state index contributed by atoms with van der Waals surface area (Å²) >= 11 is 0. The second kappa shape index (κ2) is 6.16. The van der Waals surface area contributed by atoms with E-state index in [0.717, 1.165) is 26.1 Å². The van der Waals surface area contributed by atoms with Gasteiger partial charge in [-0.15, -0.1) is 0 Å². The van der Waals surface area contributed by atoms with Gasteiger partial charge in [0.2, 0.25) is 0 Å². The third kappa shape index (κ3) is 3.00. The maximum atomic E-state index is 14.0. The Morgan fingerprint density at radius 3 is 2.94 bits per heavy atom. The lowest BCUT2D eigenvalue weighted by molar-refractivity contribution is 0.181. The molecule has 0 aliphatic carbocycles. The zero-order valence-corrected chi connectivity index (χ0v) is 10.9. The normalized spacial score (nSPS) is 20.9. The summed E-state index contributed by atoms with van der Waals surface area (Å²) < 4.78 is 24.4. The smallest absolute Gasteiger partial charge is 0.131 e. The van der Waals surface area contributed by atoms with E-state index >= 15 is 0 Å². The number of rotatable bonds is 5. The van der Waals surface area contributed by atoms with Crippen LogP contribution in [-0.4, -0.2) is 27.4 Å². The highest BCUT2D eigenvalue weighted by atomic mass is 19.1. The van der Waals surface area contributed by atoms with Crippen LogP contribution in [0.5, 0.6) is 5.75 Å². The largest absolute Gasteiger partial charge is 0.497 e. The van der Waals surface area contributed by atoms with Crippen LogP contribution < -0.4 is 10.1 Å². The molecule has 1 aliphatic heterocycles. The summed E-state index contributed by atoms with van der Waals surface area (Å²) in [6.07, 6.45) is 1.97. The van der Waals surface area contributed by atoms with Crippen molar-refractivity contribution >= 4 is 0 Å². The van der Waals surface area contributed by atoms with Crippen molar-refractivity contribution < 1.29 is 13.9 Å². The number of hydrogen-bond acceptors (Lipinski definition) is 3. The molecule has 1 saturated heterocycles. The van der Waals surface area contributed by atoms with Gasteiger partial charge in [0.1, 0.15) is 11.6 Å². The first-order valence-electron chi connectivity index (χ1n) is 6.33. The van der Waals surface area contributed by atoms with E-state index in [9.17, 15) is 4.39 Å². The minimum absolute atomic E-state index is 0.0302. The monoisotopic (exact) mass is 253 g/mol. The second-order valence-electron chi connectivity index (χ2n) is 4.69. The van der Waals surface area contributed by atoms with Crippen LogP contribution in [0.3, 0.4) is 0 Å². The molecule has 4 heteroatoms. The number of nitrogens with one attached hydrogen (secondary N) is 1. The van der Waals surface area contributed by atoms with Gasteiger partial charge in [-0.25, -0.2) is 4.39 Å². The van der Waals surface area contributed by atoms with Gasteiger partial charge < -0.3 is 14.8 Å². The number of ether oxygens (including phenoxy) is 2. The van der Waals surface area contributed by atoms with Gasteiger partial charge in [-0.1, -0.05) is 6.07 Å². The van der Waals surface area contributed by atoms with Crippen LogP contribution in [0.1, 0.15) is 24.4 Å². The van der Waals surface area contributed by atoms with E-state index in [-0.39, 0.29) is 11.9 Å². The molecule has 3 nitrogen and oxygen atoms in total. The first-order chi connectivity index (χ1) is 8.74. The zero-order valence-electron chi connectivity index (χ0n) is 10.9. The van der Waals surface area contributed by atoms with E-state index in [1.165, 1.54) is 6.07 Å². The van der Waals surface area contributed by atoms with Crippen LogP contribution in [0.4, 0.5) is 4.39 Å². The molecule has 2 unspecified atom stereocenters. The molecule has 1 N–H and O–H groups in total. The van der Waals surface area contributed by atoms with Gasteiger partial charge in [0.25, 0.3) is 0 Å². The van der Waals surface area contributed by atoms with Crippen molar-refractivity contribution in [3.63, 3.8) is 0 Å². The van der Waals surface area contributed by atoms with Crippen molar-refractivity contribution in [2.45, 2.75) is 18.9 Å². The average Bonchev–Trinajstić information content (AvgIpc) is 2.89. The standard InChI is InChI=1S/C14H20FNO2/c1-16-14(7-10-5-6-18-9-10)12-4-3-11(17-2)8-13(12)15/h3-4,8,10,14,16H,5-7,9H2,1-2H3. The van der Waals surface area contributed by atoms with Gasteiger partial charge in [-0.2, -0.15) is 0 Å². The van der Waals surface area contributed by atoms with Gasteiger partial charge in [0.05, 0.1) is 7.11 Å². The Morgan fingerprint density at radius 2 is 2.39 bits per heavy atom. The van der Waals surface area contributed by atoms with E-state index in [1.807, 2.05) is 7.05 Å². The molecule has 2 rings (SSSR count). The van der Waals surface area contributed by atoms with Crippen LogP contribution in [0.15, 0.2) is 18.2 Å². The molecule has 100 valence electrons. The molecule has 1 fully saturated rings. The number of benzene rings is 1. The van der Waals surface area contributed by atoms with Crippen molar-refractivity contribution in [2.24, 2.45) is 5.92 Å². The topological polar surface area (TPSA) is 30.5 Å². The molecule has 18 heavy (non-hydrogen) atoms. The Bertz CT molecular complexity index is 391. The summed E-state index contributed by atoms with van der Waals surface area (Å²) in [5.74, 6) is 0.854. The van der Waals surface area contributed by atoms with Crippen molar-refractivity contribution in [1.29, 1.82) is 0 Å². The maximum absolute atomic E-state index is 14.0. The van der Waals surface area contributed by atoms with E-state index in [2.05, 4.69) is 5.32 Å². The fourth-order valence-corrected chi connectivity index (χ4v) is 2.42. The lowest BCUT2D eigenvalue weighted by atomic mass is 9.94. The maximum Gasteiger partial charge on any atom is 0.131 e. The predicted molar refractivity (Wildman–Crippen MR) is 68.3 cm³/mol. The summed E-state index contributed by atoms with van der Waals surface area (Å²) in [5.41, 5.74) is 0.699. The fourth-order valence-electron chi connectivity index (χ4n) is 2.42. The number of halogens is 1. The second-order valence-corrected chi connectivity index (χ2v) is 4.69. The lowest BCUT2D eigenvalue weighted by Gasteiger charge is -2.20. The number of hydrogen-bond donors (Lipinski definition) is 1. The van der Waals surface area contributed by atoms with E-state index in [4.69, 9.17) is 9.47 Å². The first-order valence-corrected chi connectivity index (χ1v) is 6.33. The summed E-state index contributed by atoms with van der Waals surface area (Å²) in [4.78, 5) is 0. The SMILES string of the molecule is CNC(CC1CCOC1)c1ccc(OC)cc1F. The Labute approximate surface area is 107 Å². The molecule has 0 spiro atoms. The van der Waals surface area contributed by atoms with E-state index < -0.39 is 0 Å². The molecule has 1 aliphatic rings. The summed E-state index contributed by atoms with van der Waals surface area (Å²) in [6.45, 7) is 1.61. The third-order valence-electron chi connectivity index (χ3n) is 3.52. The fraction of sp³-hybridized carbons (Fsp3) is 0.571. The van der Waals surface area contributed by atoms with Gasteiger partial charge in [-0.3, -0.25) is 0 Å². The van der Waals surface area contributed by atoms with E-state index in [0.29, 0.717) is 17.2 Å². The molecule has 0 radical (unpaired) electrons. The number of methoxy groups -OCH3 is 1. The average molecular weight is 253 g/mol. The van der Waals surface area contributed by atoms with Crippen molar-refractivity contribution in [1.82, 2.24) is 5.32 Å². The first kappa shape index (κ1) is 13.3. The Morgan fingerprint density at radius 1 is 1.56 bits per heavy atom. The van der Waals surface area contributed by atoms with E-state index in [1.54, 1.807) is 19.2 Å². The van der Waals surface area contributed by atoms with Crippen molar-refractivity contribution in [2.75, 3.05) is 27.4 Å². The quantitative estimate of drug-likeness (QED) is 0.874. The van der Waals surface area contributed by atoms with Gasteiger partial charge >= 0.3 is 0 Å². The van der Waals surface area contributed by atoms with Crippen LogP contribution in [0.25, 0.3) is 0 Å². The highest BCUT2D eigenvalue weighted by molar-refractivity contribution is 5.30. The van der Waals surface area contributed by atoms with Crippen LogP contribution >= 0.6 is 0 Å². The molecule has 1 aromatic rings. The van der Waals surface area contributed by atoms with Gasteiger partial charge in [0.15, 0.2) is 0 Å². The molecule has 0 bridgehead atoms. The molecule has 2 atom stereocenters. The Hall–Kier alpha value is -1.13. The van der Waals surface area contributed by atoms with Crippen molar-refractivity contribution in [3.05, 3.63) is 29.6 Å². The molecular formula is C14H20FNO2. The molecule has 1 heterocycles. The minimum atomic E-state index is -0.215. The minimum Gasteiger partial charge on any atom is -0.497 e. The Balaban J connectivity index is 2.10. The zero-order chi connectivity index (χ0) is 13.0. The van der Waals surface area contributed by atoms with Gasteiger partial charge in [-0.05, 0) is 31.9 Å². The summed E-state index contributed by atoms with van der Waals surface area (Å²) in [6, 6.07) is 5.06. The summed E-state index contributed by atoms with van der Waals surface area (Å²) in [5, 5.41) is 3.19. The molecular weight excluding hydrogens is 233 g/mol. The molecule has 1 aromatic carbocycles. The predicted octanol–water partition coefficient (Wildman–Crippen LogP) is 2.52. The van der Waals surface area contributed by atoms with Crippen molar-refractivity contribution in [3.8, 4) is 5.75 Å². The molecule has 0 amide bonds. The van der Waals surface area contributed by atoms with Crippen LogP contribution in [0, 0.1) is 11.7 Å². The highest BCUT2D eigenvalue weighted by Gasteiger charge is 2.22. The third-order valence-corrected chi connectivity index (χ3v) is 3.52. The van der Waals surface area contributed by atoms with Crippen LogP contribution in [0.2, 0.25) is 0 Å². The summed E-state index contributed by atoms with van der Waals surface area (Å²) in [7, 11) is 3.41. The Kier molecular flexibility index (Phi) is 4.55. The highest BCUT2D eigenvalue weighted by Crippen LogP contribution is 2.29. The van der Waals surface area contributed by atoms with Crippen LogP contribution in [-0.2, 0) is 4.74 Å². The lowest BCUT2D eigenvalue weighted by Crippen LogP contribution is -2.21.